The molecule has 2 aromatic heterocycles. The van der Waals surface area contributed by atoms with Crippen molar-refractivity contribution in [1.29, 1.82) is 0 Å². The molecule has 2 aromatic rings. The Morgan fingerprint density at radius 3 is 2.81 bits per heavy atom. The summed E-state index contributed by atoms with van der Waals surface area (Å²) in [6.45, 7) is 1.45. The molecule has 1 aliphatic rings. The van der Waals surface area contributed by atoms with Gasteiger partial charge in [-0.05, 0) is 25.0 Å². The Morgan fingerprint density at radius 1 is 1.33 bits per heavy atom. The van der Waals surface area contributed by atoms with E-state index in [1.807, 2.05) is 18.2 Å². The summed E-state index contributed by atoms with van der Waals surface area (Å²) in [5.41, 5.74) is 1.87. The van der Waals surface area contributed by atoms with Crippen LogP contribution in [0, 0.1) is 0 Å². The quantitative estimate of drug-likeness (QED) is 0.871. The van der Waals surface area contributed by atoms with Gasteiger partial charge in [0.25, 0.3) is 0 Å². The van der Waals surface area contributed by atoms with Gasteiger partial charge in [-0.15, -0.1) is 10.2 Å². The van der Waals surface area contributed by atoms with Crippen LogP contribution in [0.15, 0.2) is 24.3 Å². The summed E-state index contributed by atoms with van der Waals surface area (Å²) >= 11 is 5.86. The monoisotopic (exact) mass is 302 g/mol. The maximum Gasteiger partial charge on any atom is 0.182 e. The molecule has 1 N–H and O–H groups in total. The van der Waals surface area contributed by atoms with Crippen molar-refractivity contribution < 1.29 is 4.79 Å². The zero-order valence-electron chi connectivity index (χ0n) is 11.6. The fourth-order valence-corrected chi connectivity index (χ4v) is 2.46. The summed E-state index contributed by atoms with van der Waals surface area (Å²) in [6.07, 6.45) is 3.65. The molecule has 108 valence electrons. The number of aromatic nitrogens is 3. The topological polar surface area (TPSA) is 67.8 Å². The lowest BCUT2D eigenvalue weighted by Crippen LogP contribution is -2.11. The minimum atomic E-state index is -0.170. The summed E-state index contributed by atoms with van der Waals surface area (Å²) in [5.74, 6) is 1.07. The van der Waals surface area contributed by atoms with Crippen molar-refractivity contribution >= 4 is 28.9 Å². The fourth-order valence-electron chi connectivity index (χ4n) is 2.31. The van der Waals surface area contributed by atoms with E-state index in [0.717, 1.165) is 5.69 Å². The van der Waals surface area contributed by atoms with E-state index in [4.69, 9.17) is 11.6 Å². The van der Waals surface area contributed by atoms with Crippen molar-refractivity contribution in [2.45, 2.75) is 32.1 Å². The summed E-state index contributed by atoms with van der Waals surface area (Å²) in [4.78, 5) is 16.2. The Balaban J connectivity index is 1.89. The average molecular weight is 303 g/mol. The van der Waals surface area contributed by atoms with Crippen LogP contribution >= 0.6 is 11.6 Å². The molecular weight excluding hydrogens is 288 g/mol. The molecule has 2 heterocycles. The number of ketones is 1. The van der Waals surface area contributed by atoms with Crippen LogP contribution < -0.4 is 5.32 Å². The first-order valence-electron chi connectivity index (χ1n) is 6.91. The van der Waals surface area contributed by atoms with Crippen LogP contribution in [0.25, 0.3) is 0 Å². The number of pyridine rings is 1. The van der Waals surface area contributed by atoms with Gasteiger partial charge < -0.3 is 5.32 Å². The van der Waals surface area contributed by atoms with E-state index in [-0.39, 0.29) is 16.6 Å². The number of hydrogen-bond acceptors (Lipinski definition) is 5. The molecule has 0 aromatic carbocycles. The molecule has 0 bridgehead atoms. The summed E-state index contributed by atoms with van der Waals surface area (Å²) in [6, 6.07) is 7.45. The molecule has 1 fully saturated rings. The van der Waals surface area contributed by atoms with Crippen LogP contribution in [0.1, 0.15) is 48.3 Å². The van der Waals surface area contributed by atoms with Crippen LogP contribution in [0.3, 0.4) is 0 Å². The van der Waals surface area contributed by atoms with E-state index in [9.17, 15) is 4.79 Å². The maximum atomic E-state index is 11.6. The molecule has 3 rings (SSSR count). The molecule has 5 nitrogen and oxygen atoms in total. The SMILES string of the molecule is CC(=O)c1nnc(Cl)cc1Nc1cccc(C2CCC2)n1. The summed E-state index contributed by atoms with van der Waals surface area (Å²) < 4.78 is 0. The van der Waals surface area contributed by atoms with E-state index in [1.165, 1.54) is 26.2 Å². The van der Waals surface area contributed by atoms with Gasteiger partial charge in [0.1, 0.15) is 5.82 Å². The number of halogens is 1. The van der Waals surface area contributed by atoms with Crippen molar-refractivity contribution in [2.75, 3.05) is 5.32 Å². The third kappa shape index (κ3) is 3.03. The number of anilines is 2. The molecule has 6 heteroatoms. The van der Waals surface area contributed by atoms with E-state index in [0.29, 0.717) is 17.4 Å². The van der Waals surface area contributed by atoms with Gasteiger partial charge in [-0.1, -0.05) is 24.1 Å². The number of Topliss-reactive ketones (excluding diaryl/α,β-unsaturated/α-hetero) is 1. The maximum absolute atomic E-state index is 11.6. The number of carbonyl (C=O) groups excluding carboxylic acids is 1. The third-order valence-corrected chi connectivity index (χ3v) is 3.84. The Labute approximate surface area is 127 Å². The summed E-state index contributed by atoms with van der Waals surface area (Å²) in [7, 11) is 0. The predicted octanol–water partition coefficient (Wildman–Crippen LogP) is 3.74. The number of carbonyl (C=O) groups is 1. The highest BCUT2D eigenvalue weighted by Crippen LogP contribution is 2.35. The second-order valence-corrected chi connectivity index (χ2v) is 5.57. The van der Waals surface area contributed by atoms with Crippen LogP contribution in [0.4, 0.5) is 11.5 Å². The van der Waals surface area contributed by atoms with Crippen molar-refractivity contribution in [1.82, 2.24) is 15.2 Å². The zero-order chi connectivity index (χ0) is 14.8. The van der Waals surface area contributed by atoms with Crippen LogP contribution in [-0.4, -0.2) is 21.0 Å². The van der Waals surface area contributed by atoms with Gasteiger partial charge in [-0.3, -0.25) is 4.79 Å². The number of nitrogens with one attached hydrogen (secondary N) is 1. The Hall–Kier alpha value is -2.01. The van der Waals surface area contributed by atoms with Gasteiger partial charge in [0.15, 0.2) is 16.6 Å². The van der Waals surface area contributed by atoms with Gasteiger partial charge >= 0.3 is 0 Å². The second-order valence-electron chi connectivity index (χ2n) is 5.19. The second kappa shape index (κ2) is 5.77. The molecule has 0 saturated heterocycles. The van der Waals surface area contributed by atoms with Gasteiger partial charge in [0, 0.05) is 24.6 Å². The number of rotatable bonds is 4. The lowest BCUT2D eigenvalue weighted by atomic mass is 9.83. The fraction of sp³-hybridized carbons (Fsp3) is 0.333. The minimum Gasteiger partial charge on any atom is -0.338 e. The van der Waals surface area contributed by atoms with E-state index >= 15 is 0 Å². The highest BCUT2D eigenvalue weighted by Gasteiger charge is 2.21. The highest BCUT2D eigenvalue weighted by atomic mass is 35.5. The van der Waals surface area contributed by atoms with Crippen LogP contribution in [-0.2, 0) is 0 Å². The van der Waals surface area contributed by atoms with E-state index < -0.39 is 0 Å². The van der Waals surface area contributed by atoms with E-state index in [2.05, 4.69) is 20.5 Å². The smallest absolute Gasteiger partial charge is 0.182 e. The lowest BCUT2D eigenvalue weighted by Gasteiger charge is -2.25. The zero-order valence-corrected chi connectivity index (χ0v) is 12.4. The largest absolute Gasteiger partial charge is 0.338 e. The summed E-state index contributed by atoms with van der Waals surface area (Å²) in [5, 5.41) is 10.9. The van der Waals surface area contributed by atoms with Crippen LogP contribution in [0.5, 0.6) is 0 Å². The van der Waals surface area contributed by atoms with Crippen molar-refractivity contribution in [3.05, 3.63) is 40.8 Å². The molecule has 1 saturated carbocycles. The minimum absolute atomic E-state index is 0.170. The van der Waals surface area contributed by atoms with Crippen molar-refractivity contribution in [3.63, 3.8) is 0 Å². The molecular formula is C15H15ClN4O. The lowest BCUT2D eigenvalue weighted by molar-refractivity contribution is 0.101. The first-order chi connectivity index (χ1) is 10.1. The Morgan fingerprint density at radius 2 is 2.14 bits per heavy atom. The van der Waals surface area contributed by atoms with Gasteiger partial charge in [0.2, 0.25) is 0 Å². The number of hydrogen-bond donors (Lipinski definition) is 1. The standard InChI is InChI=1S/C15H15ClN4O/c1-9(21)15-12(8-13(16)19-20-15)18-14-7-3-6-11(17-14)10-4-2-5-10/h3,6-8,10H,2,4-5H2,1H3,(H,17,18,19). The first kappa shape index (κ1) is 13.9. The molecule has 21 heavy (non-hydrogen) atoms. The van der Waals surface area contributed by atoms with E-state index in [1.54, 1.807) is 6.07 Å². The predicted molar refractivity (Wildman–Crippen MR) is 81.2 cm³/mol. The molecule has 0 unspecified atom stereocenters. The Kier molecular flexibility index (Phi) is 3.84. The van der Waals surface area contributed by atoms with Gasteiger partial charge in [-0.25, -0.2) is 4.98 Å². The normalized spacial score (nSPS) is 14.6. The van der Waals surface area contributed by atoms with Gasteiger partial charge in [0.05, 0.1) is 5.69 Å². The molecule has 0 aliphatic heterocycles. The van der Waals surface area contributed by atoms with Crippen molar-refractivity contribution in [3.8, 4) is 0 Å². The van der Waals surface area contributed by atoms with Crippen molar-refractivity contribution in [2.24, 2.45) is 0 Å². The Bertz CT molecular complexity index is 685. The molecule has 0 atom stereocenters. The average Bonchev–Trinajstić information content (AvgIpc) is 2.36. The number of nitrogens with zero attached hydrogens (tertiary/aromatic N) is 3. The molecule has 0 radical (unpaired) electrons. The highest BCUT2D eigenvalue weighted by molar-refractivity contribution is 6.29. The van der Waals surface area contributed by atoms with Crippen LogP contribution in [0.2, 0.25) is 5.15 Å². The molecule has 0 amide bonds. The van der Waals surface area contributed by atoms with Gasteiger partial charge in [-0.2, -0.15) is 0 Å². The third-order valence-electron chi connectivity index (χ3n) is 3.65. The first-order valence-corrected chi connectivity index (χ1v) is 7.29. The molecule has 0 spiro atoms. The molecule has 1 aliphatic carbocycles.